The molecule has 0 saturated heterocycles. The van der Waals surface area contributed by atoms with E-state index in [1.165, 1.54) is 0 Å². The van der Waals surface area contributed by atoms with Gasteiger partial charge in [-0.15, -0.1) is 0 Å². The van der Waals surface area contributed by atoms with Crippen molar-refractivity contribution < 1.29 is 9.53 Å². The number of nitrogens with one attached hydrogen (secondary N) is 1. The Balaban J connectivity index is 3.88. The first-order valence-electron chi connectivity index (χ1n) is 6.15. The fourth-order valence-electron chi connectivity index (χ4n) is 1.35. The zero-order valence-electron chi connectivity index (χ0n) is 11.3. The van der Waals surface area contributed by atoms with Gasteiger partial charge in [-0.2, -0.15) is 10.5 Å². The van der Waals surface area contributed by atoms with Crippen LogP contribution in [0.2, 0.25) is 0 Å². The number of rotatable bonds is 6. The Morgan fingerprint density at radius 1 is 1.28 bits per heavy atom. The van der Waals surface area contributed by atoms with Crippen LogP contribution in [0.3, 0.4) is 0 Å². The van der Waals surface area contributed by atoms with Crippen molar-refractivity contribution in [3.8, 4) is 12.1 Å². The van der Waals surface area contributed by atoms with Crippen molar-refractivity contribution in [2.24, 2.45) is 0 Å². The molecule has 0 rings (SSSR count). The molecule has 1 atom stereocenters. The van der Waals surface area contributed by atoms with Gasteiger partial charge in [0.05, 0.1) is 12.1 Å². The van der Waals surface area contributed by atoms with Crippen LogP contribution in [0.4, 0.5) is 4.79 Å². The normalized spacial score (nSPS) is 12.1. The Kier molecular flexibility index (Phi) is 7.54. The highest BCUT2D eigenvalue weighted by Gasteiger charge is 2.18. The van der Waals surface area contributed by atoms with Crippen LogP contribution in [0.25, 0.3) is 0 Å². The molecule has 1 N–H and O–H groups in total. The lowest BCUT2D eigenvalue weighted by atomic mass is 10.1. The van der Waals surface area contributed by atoms with E-state index in [1.54, 1.807) is 20.8 Å². The molecule has 0 heterocycles. The second kappa shape index (κ2) is 8.36. The van der Waals surface area contributed by atoms with E-state index < -0.39 is 17.7 Å². The molecule has 0 saturated carbocycles. The second-order valence-electron chi connectivity index (χ2n) is 5.09. The van der Waals surface area contributed by atoms with Gasteiger partial charge in [-0.1, -0.05) is 12.8 Å². The third kappa shape index (κ3) is 9.47. The third-order valence-corrected chi connectivity index (χ3v) is 2.13. The molecular weight excluding hydrogens is 230 g/mol. The molecule has 5 nitrogen and oxygen atoms in total. The summed E-state index contributed by atoms with van der Waals surface area (Å²) in [5.74, 6) is 0. The molecular formula is C13H21N3O2. The van der Waals surface area contributed by atoms with Gasteiger partial charge in [-0.05, 0) is 33.6 Å². The smallest absolute Gasteiger partial charge is 0.408 e. The summed E-state index contributed by atoms with van der Waals surface area (Å²) in [6.45, 7) is 5.32. The van der Waals surface area contributed by atoms with Crippen molar-refractivity contribution >= 4 is 6.09 Å². The number of alkyl carbamates (subject to hydrolysis) is 1. The molecule has 100 valence electrons. The van der Waals surface area contributed by atoms with Gasteiger partial charge in [0.25, 0.3) is 0 Å². The van der Waals surface area contributed by atoms with Gasteiger partial charge in [-0.25, -0.2) is 4.79 Å². The van der Waals surface area contributed by atoms with Crippen molar-refractivity contribution in [3.63, 3.8) is 0 Å². The fourth-order valence-corrected chi connectivity index (χ4v) is 1.35. The van der Waals surface area contributed by atoms with Crippen LogP contribution in [0, 0.1) is 22.7 Å². The van der Waals surface area contributed by atoms with Crippen LogP contribution in [0.15, 0.2) is 0 Å². The summed E-state index contributed by atoms with van der Waals surface area (Å²) >= 11 is 0. The molecule has 0 aliphatic heterocycles. The summed E-state index contributed by atoms with van der Waals surface area (Å²) in [7, 11) is 0. The SMILES string of the molecule is CC(C)(C)OC(=O)N[C@H](C#N)CCCCCC#N. The van der Waals surface area contributed by atoms with E-state index in [1.807, 2.05) is 6.07 Å². The Morgan fingerprint density at radius 2 is 1.94 bits per heavy atom. The molecule has 0 aliphatic carbocycles. The highest BCUT2D eigenvalue weighted by atomic mass is 16.6. The number of carbonyl (C=O) groups is 1. The minimum Gasteiger partial charge on any atom is -0.444 e. The highest BCUT2D eigenvalue weighted by molar-refractivity contribution is 5.68. The largest absolute Gasteiger partial charge is 0.444 e. The maximum Gasteiger partial charge on any atom is 0.408 e. The molecule has 5 heteroatoms. The summed E-state index contributed by atoms with van der Waals surface area (Å²) in [5, 5.41) is 19.8. The lowest BCUT2D eigenvalue weighted by molar-refractivity contribution is 0.0513. The lowest BCUT2D eigenvalue weighted by Gasteiger charge is -2.21. The van der Waals surface area contributed by atoms with Gasteiger partial charge in [0.1, 0.15) is 11.6 Å². The van der Waals surface area contributed by atoms with Crippen LogP contribution in [0.1, 0.15) is 52.9 Å². The Bertz CT molecular complexity index is 334. The number of nitrogens with zero attached hydrogens (tertiary/aromatic N) is 2. The quantitative estimate of drug-likeness (QED) is 0.735. The van der Waals surface area contributed by atoms with Gasteiger partial charge in [-0.3, -0.25) is 0 Å². The van der Waals surface area contributed by atoms with E-state index in [4.69, 9.17) is 15.3 Å². The molecule has 1 amide bonds. The molecule has 0 radical (unpaired) electrons. The third-order valence-electron chi connectivity index (χ3n) is 2.13. The number of unbranched alkanes of at least 4 members (excludes halogenated alkanes) is 3. The summed E-state index contributed by atoms with van der Waals surface area (Å²) in [5.41, 5.74) is -0.559. The maximum atomic E-state index is 11.4. The average Bonchev–Trinajstić information content (AvgIpc) is 2.24. The number of ether oxygens (including phenoxy) is 1. The van der Waals surface area contributed by atoms with E-state index in [-0.39, 0.29) is 0 Å². The maximum absolute atomic E-state index is 11.4. The van der Waals surface area contributed by atoms with Crippen LogP contribution < -0.4 is 5.32 Å². The first-order valence-corrected chi connectivity index (χ1v) is 6.15. The first-order chi connectivity index (χ1) is 8.39. The Hall–Kier alpha value is -1.75. The molecule has 0 aromatic heterocycles. The second-order valence-corrected chi connectivity index (χ2v) is 5.09. The number of hydrogen-bond donors (Lipinski definition) is 1. The molecule has 0 aromatic rings. The minimum absolute atomic E-state index is 0.526. The zero-order valence-corrected chi connectivity index (χ0v) is 11.3. The predicted octanol–water partition coefficient (Wildman–Crippen LogP) is 2.88. The van der Waals surface area contributed by atoms with Crippen LogP contribution in [-0.2, 0) is 4.74 Å². The molecule has 0 fully saturated rings. The molecule has 0 aliphatic rings. The van der Waals surface area contributed by atoms with Crippen LogP contribution in [-0.4, -0.2) is 17.7 Å². The predicted molar refractivity (Wildman–Crippen MR) is 67.5 cm³/mol. The van der Waals surface area contributed by atoms with Crippen molar-refractivity contribution in [1.29, 1.82) is 10.5 Å². The van der Waals surface area contributed by atoms with E-state index in [0.29, 0.717) is 12.8 Å². The van der Waals surface area contributed by atoms with E-state index >= 15 is 0 Å². The van der Waals surface area contributed by atoms with Crippen LogP contribution in [0.5, 0.6) is 0 Å². The number of hydrogen-bond acceptors (Lipinski definition) is 4. The molecule has 0 unspecified atom stereocenters. The fraction of sp³-hybridized carbons (Fsp3) is 0.769. The van der Waals surface area contributed by atoms with E-state index in [0.717, 1.165) is 19.3 Å². The summed E-state index contributed by atoms with van der Waals surface area (Å²) < 4.78 is 5.07. The van der Waals surface area contributed by atoms with Crippen LogP contribution >= 0.6 is 0 Å². The van der Waals surface area contributed by atoms with Gasteiger partial charge >= 0.3 is 6.09 Å². The Morgan fingerprint density at radius 3 is 2.44 bits per heavy atom. The molecule has 0 bridgehead atoms. The van der Waals surface area contributed by atoms with Gasteiger partial charge in [0, 0.05) is 6.42 Å². The lowest BCUT2D eigenvalue weighted by Crippen LogP contribution is -2.38. The molecule has 18 heavy (non-hydrogen) atoms. The number of carbonyl (C=O) groups excluding carboxylic acids is 1. The summed E-state index contributed by atoms with van der Waals surface area (Å²) in [6, 6.07) is 3.58. The standard InChI is InChI=1S/C13H21N3O2/c1-13(2,3)18-12(17)16-11(10-15)8-6-4-5-7-9-14/h11H,4-8H2,1-3H3,(H,16,17)/t11-/m0/s1. The van der Waals surface area contributed by atoms with Crippen molar-refractivity contribution in [2.45, 2.75) is 64.5 Å². The summed E-state index contributed by atoms with van der Waals surface area (Å²) in [4.78, 5) is 11.4. The van der Waals surface area contributed by atoms with Crippen molar-refractivity contribution in [3.05, 3.63) is 0 Å². The van der Waals surface area contributed by atoms with Crippen molar-refractivity contribution in [2.75, 3.05) is 0 Å². The first kappa shape index (κ1) is 16.2. The zero-order chi connectivity index (χ0) is 14.0. The minimum atomic E-state index is -0.564. The van der Waals surface area contributed by atoms with E-state index in [2.05, 4.69) is 11.4 Å². The van der Waals surface area contributed by atoms with Gasteiger partial charge in [0.15, 0.2) is 0 Å². The highest BCUT2D eigenvalue weighted by Crippen LogP contribution is 2.09. The summed E-state index contributed by atoms with van der Waals surface area (Å²) in [6.07, 6.45) is 3.10. The molecule has 0 aromatic carbocycles. The van der Waals surface area contributed by atoms with E-state index in [9.17, 15) is 4.79 Å². The molecule has 0 spiro atoms. The number of nitriles is 2. The van der Waals surface area contributed by atoms with Gasteiger partial charge < -0.3 is 10.1 Å². The number of amides is 1. The van der Waals surface area contributed by atoms with Gasteiger partial charge in [0.2, 0.25) is 0 Å². The van der Waals surface area contributed by atoms with Crippen molar-refractivity contribution in [1.82, 2.24) is 5.32 Å². The average molecular weight is 251 g/mol. The Labute approximate surface area is 109 Å². The topological polar surface area (TPSA) is 85.9 Å². The monoisotopic (exact) mass is 251 g/mol.